The minimum Gasteiger partial charge on any atom is -0.323 e. The Kier molecular flexibility index (Phi) is 5.80. The van der Waals surface area contributed by atoms with E-state index >= 15 is 0 Å². The molecule has 0 saturated heterocycles. The lowest BCUT2D eigenvalue weighted by molar-refractivity contribution is -0.120. The van der Waals surface area contributed by atoms with Crippen molar-refractivity contribution in [2.75, 3.05) is 16.8 Å². The Morgan fingerprint density at radius 2 is 1.96 bits per heavy atom. The lowest BCUT2D eigenvalue weighted by Crippen LogP contribution is -2.36. The topological polar surface area (TPSA) is 73.2 Å². The van der Waals surface area contributed by atoms with Gasteiger partial charge in [-0.15, -0.1) is 0 Å². The number of nitrogens with zero attached hydrogens (tertiary/aromatic N) is 2. The van der Waals surface area contributed by atoms with Crippen LogP contribution in [0.5, 0.6) is 0 Å². The van der Waals surface area contributed by atoms with Crippen LogP contribution in [-0.4, -0.2) is 18.4 Å². The summed E-state index contributed by atoms with van der Waals surface area (Å²) < 4.78 is 0. The third-order valence-electron chi connectivity index (χ3n) is 3.17. The van der Waals surface area contributed by atoms with Gasteiger partial charge in [-0.25, -0.2) is 0 Å². The van der Waals surface area contributed by atoms with Crippen LogP contribution in [0.25, 0.3) is 0 Å². The van der Waals surface area contributed by atoms with E-state index in [0.29, 0.717) is 27.0 Å². The third-order valence-corrected chi connectivity index (χ3v) is 3.72. The second-order valence-electron chi connectivity index (χ2n) is 4.94. The molecule has 7 heteroatoms. The summed E-state index contributed by atoms with van der Waals surface area (Å²) in [4.78, 5) is 25.4. The number of rotatable bonds is 4. The van der Waals surface area contributed by atoms with Crippen molar-refractivity contribution in [3.63, 3.8) is 0 Å². The van der Waals surface area contributed by atoms with Gasteiger partial charge in [0.2, 0.25) is 11.8 Å². The van der Waals surface area contributed by atoms with E-state index in [1.807, 2.05) is 6.07 Å². The van der Waals surface area contributed by atoms with E-state index in [2.05, 4.69) is 5.32 Å². The predicted octanol–water partition coefficient (Wildman–Crippen LogP) is 3.86. The highest BCUT2D eigenvalue weighted by molar-refractivity contribution is 6.36. The van der Waals surface area contributed by atoms with E-state index in [1.54, 1.807) is 36.4 Å². The highest BCUT2D eigenvalue weighted by Gasteiger charge is 2.17. The van der Waals surface area contributed by atoms with Gasteiger partial charge in [0.25, 0.3) is 0 Å². The van der Waals surface area contributed by atoms with Gasteiger partial charge >= 0.3 is 0 Å². The maximum Gasteiger partial charge on any atom is 0.244 e. The van der Waals surface area contributed by atoms with Gasteiger partial charge in [-0.1, -0.05) is 29.3 Å². The van der Waals surface area contributed by atoms with E-state index in [1.165, 1.54) is 17.9 Å². The summed E-state index contributed by atoms with van der Waals surface area (Å²) in [5.41, 5.74) is 1.28. The first-order valence-corrected chi connectivity index (χ1v) is 7.69. The SMILES string of the molecule is CC(=O)N(CC(=O)Nc1ccc(Cl)cc1Cl)c1cccc(C#N)c1. The summed E-state index contributed by atoms with van der Waals surface area (Å²) in [6, 6.07) is 13.2. The van der Waals surface area contributed by atoms with Crippen molar-refractivity contribution >= 4 is 46.4 Å². The van der Waals surface area contributed by atoms with Gasteiger partial charge in [0, 0.05) is 17.6 Å². The van der Waals surface area contributed by atoms with Crippen LogP contribution in [0.15, 0.2) is 42.5 Å². The van der Waals surface area contributed by atoms with Gasteiger partial charge in [-0.2, -0.15) is 5.26 Å². The fraction of sp³-hybridized carbons (Fsp3) is 0.118. The zero-order chi connectivity index (χ0) is 17.7. The second kappa shape index (κ2) is 7.82. The molecule has 0 aliphatic carbocycles. The van der Waals surface area contributed by atoms with E-state index in [0.717, 1.165) is 0 Å². The van der Waals surface area contributed by atoms with Crippen LogP contribution in [0, 0.1) is 11.3 Å². The van der Waals surface area contributed by atoms with Gasteiger partial charge < -0.3 is 10.2 Å². The van der Waals surface area contributed by atoms with Crippen LogP contribution >= 0.6 is 23.2 Å². The Balaban J connectivity index is 2.17. The molecule has 5 nitrogen and oxygen atoms in total. The summed E-state index contributed by atoms with van der Waals surface area (Å²) in [5.74, 6) is -0.737. The molecule has 0 bridgehead atoms. The van der Waals surface area contributed by atoms with Crippen molar-refractivity contribution in [3.8, 4) is 6.07 Å². The Bertz CT molecular complexity index is 831. The zero-order valence-corrected chi connectivity index (χ0v) is 14.2. The first-order chi connectivity index (χ1) is 11.4. The van der Waals surface area contributed by atoms with Crippen LogP contribution in [0.3, 0.4) is 0 Å². The molecule has 0 fully saturated rings. The van der Waals surface area contributed by atoms with Crippen molar-refractivity contribution in [1.82, 2.24) is 0 Å². The molecular weight excluding hydrogens is 349 g/mol. The fourth-order valence-electron chi connectivity index (χ4n) is 2.05. The van der Waals surface area contributed by atoms with E-state index in [9.17, 15) is 9.59 Å². The molecule has 0 saturated carbocycles. The molecular formula is C17H13Cl2N3O2. The minimum absolute atomic E-state index is 0.205. The van der Waals surface area contributed by atoms with Crippen molar-refractivity contribution in [3.05, 3.63) is 58.1 Å². The molecule has 0 heterocycles. The van der Waals surface area contributed by atoms with Crippen molar-refractivity contribution in [2.24, 2.45) is 0 Å². The van der Waals surface area contributed by atoms with Gasteiger partial charge in [0.15, 0.2) is 0 Å². The monoisotopic (exact) mass is 361 g/mol. The number of hydrogen-bond donors (Lipinski definition) is 1. The zero-order valence-electron chi connectivity index (χ0n) is 12.7. The highest BCUT2D eigenvalue weighted by atomic mass is 35.5. The summed E-state index contributed by atoms with van der Waals surface area (Å²) >= 11 is 11.8. The number of nitrogens with one attached hydrogen (secondary N) is 1. The first-order valence-electron chi connectivity index (χ1n) is 6.94. The smallest absolute Gasteiger partial charge is 0.244 e. The molecule has 0 spiro atoms. The predicted molar refractivity (Wildman–Crippen MR) is 94.3 cm³/mol. The maximum absolute atomic E-state index is 12.2. The largest absolute Gasteiger partial charge is 0.323 e. The molecule has 24 heavy (non-hydrogen) atoms. The molecule has 0 unspecified atom stereocenters. The Morgan fingerprint density at radius 1 is 1.21 bits per heavy atom. The Hall–Kier alpha value is -2.55. The van der Waals surface area contributed by atoms with Crippen molar-refractivity contribution in [2.45, 2.75) is 6.92 Å². The fourth-order valence-corrected chi connectivity index (χ4v) is 2.51. The maximum atomic E-state index is 12.2. The molecule has 2 rings (SSSR count). The molecule has 1 N–H and O–H groups in total. The summed E-state index contributed by atoms with van der Waals surface area (Å²) in [6.07, 6.45) is 0. The number of anilines is 2. The number of amides is 2. The van der Waals surface area contributed by atoms with Crippen LogP contribution < -0.4 is 10.2 Å². The first kappa shape index (κ1) is 17.8. The number of nitriles is 1. The summed E-state index contributed by atoms with van der Waals surface area (Å²) in [6.45, 7) is 1.14. The molecule has 2 aromatic rings. The molecule has 0 aromatic heterocycles. The van der Waals surface area contributed by atoms with Gasteiger partial charge in [0.1, 0.15) is 6.54 Å². The van der Waals surface area contributed by atoms with Crippen LogP contribution in [0.1, 0.15) is 12.5 Å². The standard InChI is InChI=1S/C17H13Cl2N3O2/c1-11(23)22(14-4-2-3-12(7-14)9-20)10-17(24)21-16-6-5-13(18)8-15(16)19/h2-8H,10H2,1H3,(H,21,24). The number of hydrogen-bond acceptors (Lipinski definition) is 3. The van der Waals surface area contributed by atoms with Crippen LogP contribution in [0.2, 0.25) is 10.0 Å². The van der Waals surface area contributed by atoms with Crippen LogP contribution in [-0.2, 0) is 9.59 Å². The summed E-state index contributed by atoms with van der Waals surface area (Å²) in [5, 5.41) is 12.3. The molecule has 0 aliphatic heterocycles. The van der Waals surface area contributed by atoms with E-state index in [4.69, 9.17) is 28.5 Å². The van der Waals surface area contributed by atoms with Crippen molar-refractivity contribution in [1.29, 1.82) is 5.26 Å². The molecule has 2 amide bonds. The number of carbonyl (C=O) groups is 2. The minimum atomic E-state index is -0.420. The van der Waals surface area contributed by atoms with E-state index < -0.39 is 5.91 Å². The molecule has 122 valence electrons. The van der Waals surface area contributed by atoms with Crippen molar-refractivity contribution < 1.29 is 9.59 Å². The normalized spacial score (nSPS) is 9.92. The average Bonchev–Trinajstić information content (AvgIpc) is 2.55. The number of benzene rings is 2. The Labute approximate surface area is 149 Å². The summed E-state index contributed by atoms with van der Waals surface area (Å²) in [7, 11) is 0. The second-order valence-corrected chi connectivity index (χ2v) is 5.78. The van der Waals surface area contributed by atoms with Gasteiger partial charge in [-0.3, -0.25) is 9.59 Å². The average molecular weight is 362 g/mol. The Morgan fingerprint density at radius 3 is 2.58 bits per heavy atom. The van der Waals surface area contributed by atoms with Crippen LogP contribution in [0.4, 0.5) is 11.4 Å². The number of carbonyl (C=O) groups excluding carboxylic acids is 2. The molecule has 2 aromatic carbocycles. The van der Waals surface area contributed by atoms with Gasteiger partial charge in [-0.05, 0) is 36.4 Å². The molecule has 0 atom stereocenters. The highest BCUT2D eigenvalue weighted by Crippen LogP contribution is 2.25. The third kappa shape index (κ3) is 4.48. The van der Waals surface area contributed by atoms with Gasteiger partial charge in [0.05, 0.1) is 22.3 Å². The lowest BCUT2D eigenvalue weighted by atomic mass is 10.2. The lowest BCUT2D eigenvalue weighted by Gasteiger charge is -2.21. The molecule has 0 radical (unpaired) electrons. The number of halogens is 2. The quantitative estimate of drug-likeness (QED) is 0.898. The van der Waals surface area contributed by atoms with E-state index in [-0.39, 0.29) is 12.5 Å². The molecule has 0 aliphatic rings.